The summed E-state index contributed by atoms with van der Waals surface area (Å²) in [4.78, 5) is 11.6. The van der Waals surface area contributed by atoms with Gasteiger partial charge in [-0.05, 0) is 25.1 Å². The molecule has 1 aromatic heterocycles. The molecule has 0 aliphatic heterocycles. The number of hydrogen-bond acceptors (Lipinski definition) is 6. The molecule has 2 rings (SSSR count). The quantitative estimate of drug-likeness (QED) is 0.366. The highest BCUT2D eigenvalue weighted by molar-refractivity contribution is 6.31. The van der Waals surface area contributed by atoms with Crippen LogP contribution in [0.25, 0.3) is 0 Å². The summed E-state index contributed by atoms with van der Waals surface area (Å²) in [6.45, 7) is 1.47. The number of nitrogens with zero attached hydrogens (tertiary/aromatic N) is 4. The molecule has 0 amide bonds. The molecule has 0 unspecified atom stereocenters. The van der Waals surface area contributed by atoms with Crippen LogP contribution >= 0.6 is 11.6 Å². The lowest BCUT2D eigenvalue weighted by atomic mass is 10.2. The average molecular weight is 390 g/mol. The van der Waals surface area contributed by atoms with E-state index in [-0.39, 0.29) is 24.0 Å². The third kappa shape index (κ3) is 5.12. The Labute approximate surface area is 150 Å². The Kier molecular flexibility index (Phi) is 6.09. The van der Waals surface area contributed by atoms with Crippen LogP contribution in [0.5, 0.6) is 6.01 Å². The number of hydrazone groups is 1. The maximum atomic E-state index is 13.2. The first kappa shape index (κ1) is 19.6. The number of aliphatic imine (C=N–C) groups is 1. The molecule has 2 aromatic rings. The van der Waals surface area contributed by atoms with Crippen LogP contribution in [-0.4, -0.2) is 28.5 Å². The van der Waals surface area contributed by atoms with Crippen LogP contribution in [-0.2, 0) is 6.18 Å². The third-order valence-corrected chi connectivity index (χ3v) is 3.40. The summed E-state index contributed by atoms with van der Waals surface area (Å²) in [6, 6.07) is 2.35. The highest BCUT2D eigenvalue weighted by atomic mass is 35.5. The molecule has 0 aliphatic carbocycles. The summed E-state index contributed by atoms with van der Waals surface area (Å²) in [5.74, 6) is 3.81. The zero-order valence-corrected chi connectivity index (χ0v) is 14.0. The van der Waals surface area contributed by atoms with E-state index in [0.717, 1.165) is 12.3 Å². The Morgan fingerprint density at radius 1 is 1.38 bits per heavy atom. The fraction of sp³-hybridized carbons (Fsp3) is 0.200. The molecule has 6 nitrogen and oxygen atoms in total. The molecule has 138 valence electrons. The van der Waals surface area contributed by atoms with Crippen molar-refractivity contribution in [1.82, 2.24) is 9.97 Å². The molecule has 26 heavy (non-hydrogen) atoms. The lowest BCUT2D eigenvalue weighted by molar-refractivity contribution is -0.139. The molecule has 0 fully saturated rings. The van der Waals surface area contributed by atoms with Crippen molar-refractivity contribution >= 4 is 29.2 Å². The Bertz CT molecular complexity index is 854. The van der Waals surface area contributed by atoms with Crippen LogP contribution in [0.1, 0.15) is 11.3 Å². The van der Waals surface area contributed by atoms with Gasteiger partial charge in [0.25, 0.3) is 0 Å². The fourth-order valence-corrected chi connectivity index (χ4v) is 1.80. The number of rotatable bonds is 5. The molecule has 11 heteroatoms. The predicted octanol–water partition coefficient (Wildman–Crippen LogP) is 3.69. The van der Waals surface area contributed by atoms with Gasteiger partial charge in [0.15, 0.2) is 0 Å². The van der Waals surface area contributed by atoms with E-state index in [0.29, 0.717) is 22.8 Å². The van der Waals surface area contributed by atoms with Crippen LogP contribution in [0.4, 0.5) is 23.2 Å². The molecule has 2 N–H and O–H groups in total. The molecule has 0 aliphatic rings. The van der Waals surface area contributed by atoms with Gasteiger partial charge in [0, 0.05) is 0 Å². The molecular weight excluding hydrogens is 378 g/mol. The van der Waals surface area contributed by atoms with E-state index in [2.05, 4.69) is 20.1 Å². The van der Waals surface area contributed by atoms with Gasteiger partial charge in [0.2, 0.25) is 0 Å². The molecule has 0 radical (unpaired) electrons. The van der Waals surface area contributed by atoms with Gasteiger partial charge in [-0.25, -0.2) is 9.37 Å². The second kappa shape index (κ2) is 8.09. The molecule has 0 saturated heterocycles. The van der Waals surface area contributed by atoms with Crippen LogP contribution < -0.4 is 10.6 Å². The topological polar surface area (TPSA) is 85.8 Å². The standard InChI is InChI=1S/C15H12ClF4N5O/c1-8-12(16)6-23-14(24-8)26-7-10(25-21)5-22-9-2-3-13(17)11(4-9)15(18,19)20/h2-6H,7,21H2,1H3. The van der Waals surface area contributed by atoms with Gasteiger partial charge in [-0.15, -0.1) is 0 Å². The number of aromatic nitrogens is 2. The zero-order valence-electron chi connectivity index (χ0n) is 13.3. The number of hydrogen-bond donors (Lipinski definition) is 1. The third-order valence-electron chi connectivity index (χ3n) is 3.03. The van der Waals surface area contributed by atoms with Crippen molar-refractivity contribution in [2.75, 3.05) is 6.61 Å². The van der Waals surface area contributed by atoms with Crippen LogP contribution in [0.3, 0.4) is 0 Å². The lowest BCUT2D eigenvalue weighted by Crippen LogP contribution is -2.16. The SMILES string of the molecule is Cc1nc(OCC(C=Nc2ccc(F)c(C(F)(F)F)c2)=NN)ncc1Cl. The first-order valence-corrected chi connectivity index (χ1v) is 7.38. The van der Waals surface area contributed by atoms with Gasteiger partial charge in [0.05, 0.1) is 34.4 Å². The minimum absolute atomic E-state index is 0.0163. The van der Waals surface area contributed by atoms with Gasteiger partial charge >= 0.3 is 12.2 Å². The molecule has 0 spiro atoms. The fourth-order valence-electron chi connectivity index (χ4n) is 1.71. The minimum Gasteiger partial charge on any atom is -0.457 e. The number of alkyl halides is 3. The van der Waals surface area contributed by atoms with Crippen molar-refractivity contribution in [3.8, 4) is 6.01 Å². The molecule has 1 heterocycles. The van der Waals surface area contributed by atoms with Crippen molar-refractivity contribution in [3.63, 3.8) is 0 Å². The van der Waals surface area contributed by atoms with Crippen molar-refractivity contribution in [2.45, 2.75) is 13.1 Å². The van der Waals surface area contributed by atoms with Crippen molar-refractivity contribution in [1.29, 1.82) is 0 Å². The Morgan fingerprint density at radius 3 is 2.73 bits per heavy atom. The molecular formula is C15H12ClF4N5O. The maximum absolute atomic E-state index is 13.2. The zero-order chi connectivity index (χ0) is 19.3. The van der Waals surface area contributed by atoms with Crippen LogP contribution in [0, 0.1) is 12.7 Å². The molecule has 0 bridgehead atoms. The van der Waals surface area contributed by atoms with E-state index in [1.807, 2.05) is 0 Å². The van der Waals surface area contributed by atoms with Gasteiger partial charge in [-0.3, -0.25) is 4.99 Å². The van der Waals surface area contributed by atoms with E-state index in [9.17, 15) is 17.6 Å². The highest BCUT2D eigenvalue weighted by Gasteiger charge is 2.34. The largest absolute Gasteiger partial charge is 0.457 e. The van der Waals surface area contributed by atoms with E-state index in [4.69, 9.17) is 22.2 Å². The second-order valence-electron chi connectivity index (χ2n) is 4.92. The Balaban J connectivity index is 2.09. The van der Waals surface area contributed by atoms with Crippen molar-refractivity contribution < 1.29 is 22.3 Å². The Hall–Kier alpha value is -2.75. The van der Waals surface area contributed by atoms with Crippen molar-refractivity contribution in [2.24, 2.45) is 15.9 Å². The van der Waals surface area contributed by atoms with E-state index in [1.54, 1.807) is 6.92 Å². The number of ether oxygens (including phenoxy) is 1. The first-order valence-electron chi connectivity index (χ1n) is 7.00. The second-order valence-corrected chi connectivity index (χ2v) is 5.32. The van der Waals surface area contributed by atoms with Crippen LogP contribution in [0.2, 0.25) is 5.02 Å². The first-order chi connectivity index (χ1) is 12.2. The maximum Gasteiger partial charge on any atom is 0.419 e. The van der Waals surface area contributed by atoms with Gasteiger partial charge < -0.3 is 10.6 Å². The number of aryl methyl sites for hydroxylation is 1. The number of nitrogens with two attached hydrogens (primary N) is 1. The summed E-state index contributed by atoms with van der Waals surface area (Å²) in [5.41, 5.74) is -0.945. The van der Waals surface area contributed by atoms with E-state index < -0.39 is 17.6 Å². The lowest BCUT2D eigenvalue weighted by Gasteiger charge is -2.08. The Morgan fingerprint density at radius 2 is 2.12 bits per heavy atom. The van der Waals surface area contributed by atoms with Crippen molar-refractivity contribution in [3.05, 3.63) is 46.5 Å². The van der Waals surface area contributed by atoms with Crippen LogP contribution in [0.15, 0.2) is 34.5 Å². The predicted molar refractivity (Wildman–Crippen MR) is 88.5 cm³/mol. The molecule has 0 atom stereocenters. The molecule has 1 aromatic carbocycles. The van der Waals surface area contributed by atoms with Gasteiger partial charge in [-0.2, -0.15) is 23.3 Å². The van der Waals surface area contributed by atoms with E-state index in [1.165, 1.54) is 6.20 Å². The minimum atomic E-state index is -4.83. The smallest absolute Gasteiger partial charge is 0.419 e. The molecule has 0 saturated carbocycles. The average Bonchev–Trinajstić information content (AvgIpc) is 2.58. The normalized spacial score (nSPS) is 12.6. The summed E-state index contributed by atoms with van der Waals surface area (Å²) in [7, 11) is 0. The summed E-state index contributed by atoms with van der Waals surface area (Å²) in [6.07, 6.45) is -2.38. The number of benzene rings is 1. The summed E-state index contributed by atoms with van der Waals surface area (Å²) >= 11 is 5.79. The van der Waals surface area contributed by atoms with Gasteiger partial charge in [-0.1, -0.05) is 11.6 Å². The monoisotopic (exact) mass is 389 g/mol. The van der Waals surface area contributed by atoms with Gasteiger partial charge in [0.1, 0.15) is 18.1 Å². The highest BCUT2D eigenvalue weighted by Crippen LogP contribution is 2.33. The number of halogens is 5. The summed E-state index contributed by atoms with van der Waals surface area (Å²) < 4.78 is 56.6. The van der Waals surface area contributed by atoms with E-state index >= 15 is 0 Å². The summed E-state index contributed by atoms with van der Waals surface area (Å²) in [5, 5.41) is 3.78.